The highest BCUT2D eigenvalue weighted by molar-refractivity contribution is 6.00. The van der Waals surface area contributed by atoms with Gasteiger partial charge in [-0.1, -0.05) is 0 Å². The zero-order valence-electron chi connectivity index (χ0n) is 12.5. The van der Waals surface area contributed by atoms with Crippen molar-refractivity contribution in [2.24, 2.45) is 0 Å². The molecule has 5 N–H and O–H groups in total. The lowest BCUT2D eigenvalue weighted by molar-refractivity contribution is -0.121. The number of nitrogens with one attached hydrogen (secondary N) is 3. The smallest absolute Gasteiger partial charge is 0.253 e. The molecule has 0 fully saturated rings. The molecule has 0 saturated heterocycles. The van der Waals surface area contributed by atoms with E-state index in [2.05, 4.69) is 16.0 Å². The van der Waals surface area contributed by atoms with Gasteiger partial charge in [0.15, 0.2) is 0 Å². The Hall–Kier alpha value is -2.28. The first-order valence-corrected chi connectivity index (χ1v) is 6.64. The molecule has 7 nitrogen and oxygen atoms in total. The first-order valence-electron chi connectivity index (χ1n) is 6.64. The molecule has 0 saturated carbocycles. The van der Waals surface area contributed by atoms with Gasteiger partial charge in [-0.25, -0.2) is 0 Å². The van der Waals surface area contributed by atoms with Crippen LogP contribution in [0.25, 0.3) is 0 Å². The second-order valence-electron chi connectivity index (χ2n) is 4.53. The Kier molecular flexibility index (Phi) is 6.48. The number of anilines is 2. The fourth-order valence-corrected chi connectivity index (χ4v) is 1.74. The van der Waals surface area contributed by atoms with Gasteiger partial charge in [0.25, 0.3) is 5.91 Å². The summed E-state index contributed by atoms with van der Waals surface area (Å²) in [4.78, 5) is 23.7. The maximum absolute atomic E-state index is 11.9. The number of nitrogens with two attached hydrogens (primary N) is 1. The lowest BCUT2D eigenvalue weighted by Crippen LogP contribution is -2.39. The largest absolute Gasteiger partial charge is 0.399 e. The molecule has 0 heterocycles. The Morgan fingerprint density at radius 2 is 2.10 bits per heavy atom. The summed E-state index contributed by atoms with van der Waals surface area (Å²) in [5.41, 5.74) is 7.19. The minimum Gasteiger partial charge on any atom is -0.399 e. The summed E-state index contributed by atoms with van der Waals surface area (Å²) in [7, 11) is 3.11. The minimum absolute atomic E-state index is 0.183. The molecule has 0 aliphatic heterocycles. The lowest BCUT2D eigenvalue weighted by Gasteiger charge is -2.18. The van der Waals surface area contributed by atoms with Crippen LogP contribution in [0, 0.1) is 0 Å². The zero-order valence-corrected chi connectivity index (χ0v) is 12.5. The first-order chi connectivity index (χ1) is 9.99. The number of benzene rings is 1. The zero-order chi connectivity index (χ0) is 15.8. The van der Waals surface area contributed by atoms with Crippen LogP contribution in [-0.2, 0) is 9.53 Å². The van der Waals surface area contributed by atoms with Crippen LogP contribution < -0.4 is 21.7 Å². The maximum atomic E-state index is 11.9. The summed E-state index contributed by atoms with van der Waals surface area (Å²) in [6.45, 7) is 2.58. The van der Waals surface area contributed by atoms with Crippen molar-refractivity contribution in [3.63, 3.8) is 0 Å². The van der Waals surface area contributed by atoms with Gasteiger partial charge in [-0.15, -0.1) is 0 Å². The lowest BCUT2D eigenvalue weighted by atomic mass is 10.1. The number of methoxy groups -OCH3 is 1. The van der Waals surface area contributed by atoms with Crippen LogP contribution in [0.3, 0.4) is 0 Å². The molecule has 0 radical (unpaired) electrons. The van der Waals surface area contributed by atoms with Crippen molar-refractivity contribution >= 4 is 23.2 Å². The van der Waals surface area contributed by atoms with Gasteiger partial charge in [0, 0.05) is 32.1 Å². The van der Waals surface area contributed by atoms with Crippen LogP contribution in [0.5, 0.6) is 0 Å². The third kappa shape index (κ3) is 4.96. The standard InChI is InChI=1S/C14H22N4O3/c1-9(13(19)17-6-7-21-3)18-12-8-10(15)4-5-11(12)14(20)16-2/h4-5,8-9,18H,6-7,15H2,1-3H3,(H,16,20)(H,17,19). The van der Waals surface area contributed by atoms with Gasteiger partial charge in [-0.2, -0.15) is 0 Å². The molecular weight excluding hydrogens is 272 g/mol. The summed E-state index contributed by atoms with van der Waals surface area (Å²) < 4.78 is 4.87. The number of carbonyl (C=O) groups excluding carboxylic acids is 2. The maximum Gasteiger partial charge on any atom is 0.253 e. The van der Waals surface area contributed by atoms with Gasteiger partial charge >= 0.3 is 0 Å². The van der Waals surface area contributed by atoms with Crippen molar-refractivity contribution in [3.05, 3.63) is 23.8 Å². The van der Waals surface area contributed by atoms with E-state index >= 15 is 0 Å². The number of rotatable bonds is 7. The molecule has 1 rings (SSSR count). The SMILES string of the molecule is CNC(=O)c1ccc(N)cc1NC(C)C(=O)NCCOC. The molecular formula is C14H22N4O3. The Bertz CT molecular complexity index is 505. The van der Waals surface area contributed by atoms with E-state index in [1.54, 1.807) is 39.3 Å². The third-order valence-corrected chi connectivity index (χ3v) is 2.89. The van der Waals surface area contributed by atoms with E-state index in [1.165, 1.54) is 0 Å². The first kappa shape index (κ1) is 16.8. The van der Waals surface area contributed by atoms with Crippen molar-refractivity contribution in [1.29, 1.82) is 0 Å². The number of nitrogen functional groups attached to an aromatic ring is 1. The third-order valence-electron chi connectivity index (χ3n) is 2.89. The Morgan fingerprint density at radius 3 is 2.71 bits per heavy atom. The molecule has 21 heavy (non-hydrogen) atoms. The van der Waals surface area contributed by atoms with Crippen LogP contribution in [-0.4, -0.2) is 45.2 Å². The van der Waals surface area contributed by atoms with Crippen LogP contribution in [0.1, 0.15) is 17.3 Å². The van der Waals surface area contributed by atoms with Crippen molar-refractivity contribution in [2.75, 3.05) is 38.4 Å². The fourth-order valence-electron chi connectivity index (χ4n) is 1.74. The molecule has 7 heteroatoms. The van der Waals surface area contributed by atoms with Crippen molar-refractivity contribution in [3.8, 4) is 0 Å². The number of carbonyl (C=O) groups is 2. The molecule has 1 aromatic carbocycles. The highest BCUT2D eigenvalue weighted by Crippen LogP contribution is 2.20. The highest BCUT2D eigenvalue weighted by Gasteiger charge is 2.16. The van der Waals surface area contributed by atoms with Gasteiger partial charge in [-0.05, 0) is 25.1 Å². The molecule has 2 amide bonds. The summed E-state index contributed by atoms with van der Waals surface area (Å²) in [6.07, 6.45) is 0. The summed E-state index contributed by atoms with van der Waals surface area (Å²) in [6, 6.07) is 4.38. The van der Waals surface area contributed by atoms with Gasteiger partial charge in [-0.3, -0.25) is 9.59 Å². The van der Waals surface area contributed by atoms with E-state index in [0.717, 1.165) is 0 Å². The number of ether oxygens (including phenoxy) is 1. The summed E-state index contributed by atoms with van der Waals surface area (Å²) >= 11 is 0. The van der Waals surface area contributed by atoms with E-state index < -0.39 is 6.04 Å². The van der Waals surface area contributed by atoms with Gasteiger partial charge in [0.2, 0.25) is 5.91 Å². The Morgan fingerprint density at radius 1 is 1.38 bits per heavy atom. The second-order valence-corrected chi connectivity index (χ2v) is 4.53. The molecule has 1 atom stereocenters. The Labute approximate surface area is 124 Å². The number of amides is 2. The fraction of sp³-hybridized carbons (Fsp3) is 0.429. The van der Waals surface area contributed by atoms with Gasteiger partial charge in [0.1, 0.15) is 6.04 Å². The minimum atomic E-state index is -0.507. The van der Waals surface area contributed by atoms with E-state index in [0.29, 0.717) is 30.1 Å². The highest BCUT2D eigenvalue weighted by atomic mass is 16.5. The van der Waals surface area contributed by atoms with E-state index in [9.17, 15) is 9.59 Å². The summed E-state index contributed by atoms with van der Waals surface area (Å²) in [5, 5.41) is 8.27. The van der Waals surface area contributed by atoms with E-state index in [1.807, 2.05) is 0 Å². The molecule has 116 valence electrons. The van der Waals surface area contributed by atoms with Crippen LogP contribution in [0.15, 0.2) is 18.2 Å². The molecule has 0 spiro atoms. The predicted octanol–water partition coefficient (Wildman–Crippen LogP) is 0.191. The quantitative estimate of drug-likeness (QED) is 0.424. The monoisotopic (exact) mass is 294 g/mol. The molecule has 0 aliphatic carbocycles. The topological polar surface area (TPSA) is 105 Å². The second kappa shape index (κ2) is 8.11. The van der Waals surface area contributed by atoms with E-state index in [4.69, 9.17) is 10.5 Å². The van der Waals surface area contributed by atoms with E-state index in [-0.39, 0.29) is 11.8 Å². The van der Waals surface area contributed by atoms with Crippen LogP contribution in [0.2, 0.25) is 0 Å². The van der Waals surface area contributed by atoms with Crippen molar-refractivity contribution < 1.29 is 14.3 Å². The number of hydrogen-bond acceptors (Lipinski definition) is 5. The summed E-state index contributed by atoms with van der Waals surface area (Å²) in [5.74, 6) is -0.429. The van der Waals surface area contributed by atoms with Crippen molar-refractivity contribution in [2.45, 2.75) is 13.0 Å². The molecule has 0 aliphatic rings. The Balaban J connectivity index is 2.79. The predicted molar refractivity (Wildman–Crippen MR) is 82.2 cm³/mol. The molecule has 1 aromatic rings. The van der Waals surface area contributed by atoms with Crippen LogP contribution >= 0.6 is 0 Å². The average Bonchev–Trinajstić information content (AvgIpc) is 2.46. The molecule has 0 aromatic heterocycles. The average molecular weight is 294 g/mol. The molecule has 1 unspecified atom stereocenters. The van der Waals surface area contributed by atoms with Gasteiger partial charge in [0.05, 0.1) is 12.2 Å². The number of hydrogen-bond donors (Lipinski definition) is 4. The van der Waals surface area contributed by atoms with Crippen molar-refractivity contribution in [1.82, 2.24) is 10.6 Å². The van der Waals surface area contributed by atoms with Gasteiger partial charge < -0.3 is 26.4 Å². The molecule has 0 bridgehead atoms. The normalized spacial score (nSPS) is 11.6. The van der Waals surface area contributed by atoms with Crippen LogP contribution in [0.4, 0.5) is 11.4 Å².